The van der Waals surface area contributed by atoms with Gasteiger partial charge < -0.3 is 9.47 Å². The van der Waals surface area contributed by atoms with E-state index in [1.54, 1.807) is 7.11 Å². The molecule has 0 bridgehead atoms. The van der Waals surface area contributed by atoms with Crippen molar-refractivity contribution >= 4 is 0 Å². The first-order valence-electron chi connectivity index (χ1n) is 9.07. The van der Waals surface area contributed by atoms with Crippen molar-refractivity contribution in [1.29, 1.82) is 0 Å². The lowest BCUT2D eigenvalue weighted by Crippen LogP contribution is -2.37. The van der Waals surface area contributed by atoms with Gasteiger partial charge in [0.05, 0.1) is 6.10 Å². The molecule has 0 spiro atoms. The molecule has 4 atom stereocenters. The molecule has 4 unspecified atom stereocenters. The van der Waals surface area contributed by atoms with Crippen molar-refractivity contribution in [2.45, 2.75) is 78.6 Å². The zero-order valence-corrected chi connectivity index (χ0v) is 15.8. The van der Waals surface area contributed by atoms with E-state index >= 15 is 0 Å². The van der Waals surface area contributed by atoms with Crippen LogP contribution in [0, 0.1) is 11.8 Å². The summed E-state index contributed by atoms with van der Waals surface area (Å²) in [6.45, 7) is 11.1. The summed E-state index contributed by atoms with van der Waals surface area (Å²) in [5.74, 6) is 0.441. The van der Waals surface area contributed by atoms with Crippen molar-refractivity contribution in [3.05, 3.63) is 34.9 Å². The van der Waals surface area contributed by atoms with E-state index in [1.807, 2.05) is 0 Å². The molecule has 0 saturated carbocycles. The van der Waals surface area contributed by atoms with E-state index in [4.69, 9.17) is 9.47 Å². The van der Waals surface area contributed by atoms with Gasteiger partial charge in [0, 0.05) is 19.4 Å². The molecule has 1 aliphatic carbocycles. The molecule has 1 saturated heterocycles. The fraction of sp³-hybridized carbons (Fsp3) is 0.714. The average Bonchev–Trinajstić information content (AvgIpc) is 2.75. The van der Waals surface area contributed by atoms with Gasteiger partial charge in [-0.25, -0.2) is 0 Å². The van der Waals surface area contributed by atoms with Crippen molar-refractivity contribution in [2.24, 2.45) is 11.8 Å². The summed E-state index contributed by atoms with van der Waals surface area (Å²) in [5.41, 5.74) is 4.28. The minimum Gasteiger partial charge on any atom is -0.353 e. The van der Waals surface area contributed by atoms with Crippen LogP contribution in [0.25, 0.3) is 0 Å². The number of ether oxygens (including phenoxy) is 2. The lowest BCUT2D eigenvalue weighted by Gasteiger charge is -2.31. The Kier molecular flexibility index (Phi) is 6.27. The molecule has 1 fully saturated rings. The van der Waals surface area contributed by atoms with E-state index in [9.17, 15) is 0 Å². The predicted molar refractivity (Wildman–Crippen MR) is 97.3 cm³/mol. The smallest absolute Gasteiger partial charge is 0.175 e. The van der Waals surface area contributed by atoms with E-state index in [2.05, 4.69) is 52.8 Å². The summed E-state index contributed by atoms with van der Waals surface area (Å²) in [6.07, 6.45) is 12.7. The Balaban J connectivity index is 2.29. The van der Waals surface area contributed by atoms with E-state index in [1.165, 1.54) is 29.6 Å². The number of rotatable bonds is 3. The van der Waals surface area contributed by atoms with Gasteiger partial charge in [0.25, 0.3) is 0 Å². The molecule has 0 N–H and O–H groups in total. The van der Waals surface area contributed by atoms with E-state index < -0.39 is 5.79 Å². The Bertz CT molecular complexity index is 496. The Hall–Kier alpha value is -0.860. The zero-order valence-electron chi connectivity index (χ0n) is 15.8. The SMILES string of the molecule is COC1(CC=C(C)C)OC2C=C(C)CCC=C(C)CCC2C1C. The molecule has 2 nitrogen and oxygen atoms in total. The van der Waals surface area contributed by atoms with Gasteiger partial charge in [-0.15, -0.1) is 0 Å². The summed E-state index contributed by atoms with van der Waals surface area (Å²) in [4.78, 5) is 0. The van der Waals surface area contributed by atoms with E-state index in [0.29, 0.717) is 11.8 Å². The highest BCUT2D eigenvalue weighted by molar-refractivity contribution is 5.13. The fourth-order valence-electron chi connectivity index (χ4n) is 3.91. The molecule has 1 heterocycles. The summed E-state index contributed by atoms with van der Waals surface area (Å²) in [7, 11) is 1.80. The van der Waals surface area contributed by atoms with Crippen LogP contribution in [0.2, 0.25) is 0 Å². The van der Waals surface area contributed by atoms with Crippen molar-refractivity contribution in [3.8, 4) is 0 Å². The van der Waals surface area contributed by atoms with Crippen LogP contribution in [-0.4, -0.2) is 19.0 Å². The topological polar surface area (TPSA) is 18.5 Å². The maximum absolute atomic E-state index is 6.54. The molecular formula is C21H34O2. The number of hydrogen-bond acceptors (Lipinski definition) is 2. The van der Waals surface area contributed by atoms with Gasteiger partial charge in [-0.1, -0.05) is 41.9 Å². The second-order valence-electron chi connectivity index (χ2n) is 7.68. The molecule has 0 amide bonds. The van der Waals surface area contributed by atoms with Gasteiger partial charge in [-0.3, -0.25) is 0 Å². The highest BCUT2D eigenvalue weighted by Crippen LogP contribution is 2.47. The van der Waals surface area contributed by atoms with Crippen LogP contribution in [0.1, 0.15) is 66.7 Å². The second-order valence-corrected chi connectivity index (χ2v) is 7.68. The third-order valence-electron chi connectivity index (χ3n) is 5.59. The molecule has 0 radical (unpaired) electrons. The lowest BCUT2D eigenvalue weighted by atomic mass is 9.80. The number of fused-ring (bicyclic) bond motifs is 1. The molecule has 0 aromatic heterocycles. The largest absolute Gasteiger partial charge is 0.353 e. The Labute approximate surface area is 142 Å². The van der Waals surface area contributed by atoms with Gasteiger partial charge in [0.15, 0.2) is 5.79 Å². The normalized spacial score (nSPS) is 35.1. The van der Waals surface area contributed by atoms with Gasteiger partial charge in [0.1, 0.15) is 0 Å². The lowest BCUT2D eigenvalue weighted by molar-refractivity contribution is -0.220. The molecule has 0 aromatic carbocycles. The van der Waals surface area contributed by atoms with Gasteiger partial charge >= 0.3 is 0 Å². The standard InChI is InChI=1S/C21H34O2/c1-15(2)12-13-21(22-6)18(5)19-11-10-16(3)8-7-9-17(4)14-20(19)23-21/h8,12,14,18-20H,7,9-11,13H2,1-6H3. The van der Waals surface area contributed by atoms with Crippen LogP contribution < -0.4 is 0 Å². The first-order chi connectivity index (χ1) is 10.9. The number of hydrogen-bond donors (Lipinski definition) is 0. The van der Waals surface area contributed by atoms with E-state index in [-0.39, 0.29) is 6.10 Å². The minimum absolute atomic E-state index is 0.182. The second kappa shape index (κ2) is 7.81. The minimum atomic E-state index is -0.477. The Morgan fingerprint density at radius 1 is 1.30 bits per heavy atom. The van der Waals surface area contributed by atoms with Crippen LogP contribution in [0.15, 0.2) is 34.9 Å². The molecule has 1 aliphatic heterocycles. The van der Waals surface area contributed by atoms with Crippen LogP contribution in [0.4, 0.5) is 0 Å². The summed E-state index contributed by atoms with van der Waals surface area (Å²) in [6, 6.07) is 0. The third-order valence-corrected chi connectivity index (χ3v) is 5.59. The first-order valence-corrected chi connectivity index (χ1v) is 9.07. The molecule has 130 valence electrons. The zero-order chi connectivity index (χ0) is 17.0. The monoisotopic (exact) mass is 318 g/mol. The molecule has 2 aliphatic rings. The summed E-state index contributed by atoms with van der Waals surface area (Å²) < 4.78 is 12.5. The predicted octanol–water partition coefficient (Wildman–Crippen LogP) is 5.80. The van der Waals surface area contributed by atoms with Crippen LogP contribution in [0.3, 0.4) is 0 Å². The first kappa shape index (κ1) is 18.5. The number of methoxy groups -OCH3 is 1. The van der Waals surface area contributed by atoms with Crippen LogP contribution in [0.5, 0.6) is 0 Å². The van der Waals surface area contributed by atoms with Gasteiger partial charge in [0.2, 0.25) is 0 Å². The molecule has 2 rings (SSSR count). The Morgan fingerprint density at radius 2 is 2.04 bits per heavy atom. The molecular weight excluding hydrogens is 284 g/mol. The molecule has 0 aromatic rings. The number of allylic oxidation sites excluding steroid dienone is 4. The van der Waals surface area contributed by atoms with E-state index in [0.717, 1.165) is 19.3 Å². The van der Waals surface area contributed by atoms with Crippen molar-refractivity contribution in [1.82, 2.24) is 0 Å². The van der Waals surface area contributed by atoms with Crippen molar-refractivity contribution in [2.75, 3.05) is 7.11 Å². The molecule has 23 heavy (non-hydrogen) atoms. The fourth-order valence-corrected chi connectivity index (χ4v) is 3.91. The van der Waals surface area contributed by atoms with Crippen molar-refractivity contribution < 1.29 is 9.47 Å². The van der Waals surface area contributed by atoms with Gasteiger partial charge in [-0.2, -0.15) is 0 Å². The maximum atomic E-state index is 6.54. The van der Waals surface area contributed by atoms with Crippen LogP contribution >= 0.6 is 0 Å². The third kappa shape index (κ3) is 4.36. The van der Waals surface area contributed by atoms with Crippen LogP contribution in [-0.2, 0) is 9.47 Å². The van der Waals surface area contributed by atoms with Crippen molar-refractivity contribution in [3.63, 3.8) is 0 Å². The highest BCUT2D eigenvalue weighted by Gasteiger charge is 2.51. The maximum Gasteiger partial charge on any atom is 0.175 e. The quantitative estimate of drug-likeness (QED) is 0.612. The summed E-state index contributed by atoms with van der Waals surface area (Å²) >= 11 is 0. The average molecular weight is 319 g/mol. The van der Waals surface area contributed by atoms with Gasteiger partial charge in [-0.05, 0) is 59.3 Å². The highest BCUT2D eigenvalue weighted by atomic mass is 16.7. The summed E-state index contributed by atoms with van der Waals surface area (Å²) in [5, 5.41) is 0. The Morgan fingerprint density at radius 3 is 2.70 bits per heavy atom. The molecule has 2 heteroatoms.